The van der Waals surface area contributed by atoms with Crippen molar-refractivity contribution in [2.45, 2.75) is 26.8 Å². The van der Waals surface area contributed by atoms with Crippen LogP contribution in [0.2, 0.25) is 0 Å². The number of nitrogens with one attached hydrogen (secondary N) is 1. The van der Waals surface area contributed by atoms with Gasteiger partial charge in [0.1, 0.15) is 0 Å². The number of rotatable bonds is 8. The van der Waals surface area contributed by atoms with Crippen molar-refractivity contribution in [2.24, 2.45) is 13.0 Å². The number of thioether (sulfide) groups is 1. The molecule has 1 N–H and O–H groups in total. The van der Waals surface area contributed by atoms with Crippen molar-refractivity contribution in [1.29, 1.82) is 0 Å². The van der Waals surface area contributed by atoms with E-state index in [1.165, 1.54) is 23.5 Å². The summed E-state index contributed by atoms with van der Waals surface area (Å²) in [6.07, 6.45) is 5.53. The third-order valence-electron chi connectivity index (χ3n) is 2.32. The van der Waals surface area contributed by atoms with Gasteiger partial charge < -0.3 is 9.88 Å². The van der Waals surface area contributed by atoms with Gasteiger partial charge >= 0.3 is 0 Å². The molecule has 1 heterocycles. The van der Waals surface area contributed by atoms with E-state index >= 15 is 0 Å². The molecule has 0 radical (unpaired) electrons. The SMILES string of the molecule is CC(C)CSCCCNCc1ccn(C)c1. The molecule has 1 rings (SSSR count). The Bertz CT molecular complexity index is 281. The maximum absolute atomic E-state index is 3.48. The molecule has 0 amide bonds. The summed E-state index contributed by atoms with van der Waals surface area (Å²) in [5, 5.41) is 3.48. The summed E-state index contributed by atoms with van der Waals surface area (Å²) >= 11 is 2.07. The third kappa shape index (κ3) is 6.23. The number of aryl methyl sites for hydroxylation is 1. The van der Waals surface area contributed by atoms with Crippen LogP contribution in [-0.4, -0.2) is 22.6 Å². The van der Waals surface area contributed by atoms with Crippen LogP contribution in [0, 0.1) is 5.92 Å². The molecule has 3 heteroatoms. The summed E-state index contributed by atoms with van der Waals surface area (Å²) in [7, 11) is 2.06. The van der Waals surface area contributed by atoms with Gasteiger partial charge in [-0.25, -0.2) is 0 Å². The standard InChI is InChI=1S/C13H24N2S/c1-12(2)11-16-8-4-6-14-9-13-5-7-15(3)10-13/h5,7,10,12,14H,4,6,8-9,11H2,1-3H3. The highest BCUT2D eigenvalue weighted by Gasteiger charge is 1.96. The van der Waals surface area contributed by atoms with Crippen LogP contribution in [0.15, 0.2) is 18.5 Å². The van der Waals surface area contributed by atoms with Crippen molar-refractivity contribution in [1.82, 2.24) is 9.88 Å². The average Bonchev–Trinajstić information content (AvgIpc) is 2.62. The molecule has 0 bridgehead atoms. The molecule has 1 aromatic heterocycles. The van der Waals surface area contributed by atoms with Gasteiger partial charge in [-0.1, -0.05) is 13.8 Å². The van der Waals surface area contributed by atoms with Crippen LogP contribution in [0.1, 0.15) is 25.8 Å². The molecule has 92 valence electrons. The third-order valence-corrected chi connectivity index (χ3v) is 3.80. The van der Waals surface area contributed by atoms with Crippen LogP contribution in [-0.2, 0) is 13.6 Å². The summed E-state index contributed by atoms with van der Waals surface area (Å²) in [5.74, 6) is 3.39. The van der Waals surface area contributed by atoms with Crippen LogP contribution in [0.4, 0.5) is 0 Å². The lowest BCUT2D eigenvalue weighted by Crippen LogP contribution is -2.15. The van der Waals surface area contributed by atoms with Crippen LogP contribution in [0.3, 0.4) is 0 Å². The summed E-state index contributed by atoms with van der Waals surface area (Å²) in [6, 6.07) is 2.17. The van der Waals surface area contributed by atoms with E-state index in [1.54, 1.807) is 0 Å². The van der Waals surface area contributed by atoms with E-state index in [9.17, 15) is 0 Å². The maximum Gasteiger partial charge on any atom is 0.0220 e. The van der Waals surface area contributed by atoms with E-state index in [2.05, 4.69) is 61.0 Å². The molecular weight excluding hydrogens is 216 g/mol. The van der Waals surface area contributed by atoms with Crippen LogP contribution >= 0.6 is 11.8 Å². The van der Waals surface area contributed by atoms with E-state index in [0.717, 1.165) is 19.0 Å². The highest BCUT2D eigenvalue weighted by atomic mass is 32.2. The van der Waals surface area contributed by atoms with Crippen LogP contribution in [0.5, 0.6) is 0 Å². The number of nitrogens with zero attached hydrogens (tertiary/aromatic N) is 1. The zero-order valence-electron chi connectivity index (χ0n) is 10.7. The lowest BCUT2D eigenvalue weighted by Gasteiger charge is -2.05. The lowest BCUT2D eigenvalue weighted by atomic mass is 10.3. The highest BCUT2D eigenvalue weighted by Crippen LogP contribution is 2.08. The maximum atomic E-state index is 3.48. The summed E-state index contributed by atoms with van der Waals surface area (Å²) in [5.41, 5.74) is 1.37. The molecular formula is C13H24N2S. The summed E-state index contributed by atoms with van der Waals surface area (Å²) in [6.45, 7) is 6.68. The van der Waals surface area contributed by atoms with Crippen molar-refractivity contribution in [2.75, 3.05) is 18.1 Å². The number of hydrogen-bond donors (Lipinski definition) is 1. The molecule has 0 unspecified atom stereocenters. The van der Waals surface area contributed by atoms with E-state index in [0.29, 0.717) is 0 Å². The second kappa shape index (κ2) is 7.80. The van der Waals surface area contributed by atoms with Crippen molar-refractivity contribution in [3.63, 3.8) is 0 Å². The topological polar surface area (TPSA) is 17.0 Å². The second-order valence-corrected chi connectivity index (χ2v) is 5.83. The van der Waals surface area contributed by atoms with Crippen molar-refractivity contribution in [3.8, 4) is 0 Å². The van der Waals surface area contributed by atoms with Crippen LogP contribution in [0.25, 0.3) is 0 Å². The van der Waals surface area contributed by atoms with Crippen molar-refractivity contribution < 1.29 is 0 Å². The fraction of sp³-hybridized carbons (Fsp3) is 0.692. The van der Waals surface area contributed by atoms with Gasteiger partial charge in [0.15, 0.2) is 0 Å². The van der Waals surface area contributed by atoms with E-state index in [1.807, 2.05) is 0 Å². The van der Waals surface area contributed by atoms with Gasteiger partial charge in [-0.3, -0.25) is 0 Å². The van der Waals surface area contributed by atoms with Gasteiger partial charge in [-0.2, -0.15) is 11.8 Å². The Balaban J connectivity index is 1.92. The fourth-order valence-electron chi connectivity index (χ4n) is 1.52. The number of hydrogen-bond acceptors (Lipinski definition) is 2. The Morgan fingerprint density at radius 3 is 2.88 bits per heavy atom. The number of aromatic nitrogens is 1. The molecule has 0 saturated heterocycles. The second-order valence-electron chi connectivity index (χ2n) is 4.68. The molecule has 0 aromatic carbocycles. The molecule has 0 atom stereocenters. The zero-order chi connectivity index (χ0) is 11.8. The largest absolute Gasteiger partial charge is 0.357 e. The van der Waals surface area contributed by atoms with Crippen molar-refractivity contribution >= 4 is 11.8 Å². The van der Waals surface area contributed by atoms with Gasteiger partial charge in [0, 0.05) is 26.0 Å². The minimum absolute atomic E-state index is 0.822. The van der Waals surface area contributed by atoms with E-state index < -0.39 is 0 Å². The summed E-state index contributed by atoms with van der Waals surface area (Å²) < 4.78 is 2.09. The quantitative estimate of drug-likeness (QED) is 0.704. The monoisotopic (exact) mass is 240 g/mol. The average molecular weight is 240 g/mol. The summed E-state index contributed by atoms with van der Waals surface area (Å²) in [4.78, 5) is 0. The Kier molecular flexibility index (Phi) is 6.65. The first kappa shape index (κ1) is 13.7. The smallest absolute Gasteiger partial charge is 0.0220 e. The molecule has 1 aromatic rings. The Morgan fingerprint density at radius 2 is 2.25 bits per heavy atom. The molecule has 0 aliphatic heterocycles. The van der Waals surface area contributed by atoms with Gasteiger partial charge in [0.05, 0.1) is 0 Å². The first-order valence-electron chi connectivity index (χ1n) is 6.08. The molecule has 0 aliphatic rings. The molecule has 16 heavy (non-hydrogen) atoms. The normalized spacial score (nSPS) is 11.2. The van der Waals surface area contributed by atoms with Crippen LogP contribution < -0.4 is 5.32 Å². The first-order valence-corrected chi connectivity index (χ1v) is 7.23. The molecule has 0 aliphatic carbocycles. The molecule has 0 spiro atoms. The van der Waals surface area contributed by atoms with Gasteiger partial charge in [0.25, 0.3) is 0 Å². The Morgan fingerprint density at radius 1 is 1.44 bits per heavy atom. The minimum Gasteiger partial charge on any atom is -0.357 e. The predicted molar refractivity (Wildman–Crippen MR) is 73.9 cm³/mol. The van der Waals surface area contributed by atoms with Gasteiger partial charge in [-0.15, -0.1) is 0 Å². The van der Waals surface area contributed by atoms with Crippen molar-refractivity contribution in [3.05, 3.63) is 24.0 Å². The highest BCUT2D eigenvalue weighted by molar-refractivity contribution is 7.99. The Labute approximate surface area is 104 Å². The first-order chi connectivity index (χ1) is 7.68. The molecule has 0 fully saturated rings. The Hall–Kier alpha value is -0.410. The van der Waals surface area contributed by atoms with Gasteiger partial charge in [0.2, 0.25) is 0 Å². The lowest BCUT2D eigenvalue weighted by molar-refractivity contribution is 0.677. The fourth-order valence-corrected chi connectivity index (χ4v) is 2.50. The minimum atomic E-state index is 0.822. The van der Waals surface area contributed by atoms with E-state index in [4.69, 9.17) is 0 Å². The predicted octanol–water partition coefficient (Wildman–Crippen LogP) is 2.89. The molecule has 0 saturated carbocycles. The van der Waals surface area contributed by atoms with E-state index in [-0.39, 0.29) is 0 Å². The molecule has 2 nitrogen and oxygen atoms in total. The zero-order valence-corrected chi connectivity index (χ0v) is 11.5. The van der Waals surface area contributed by atoms with Gasteiger partial charge in [-0.05, 0) is 42.0 Å².